The summed E-state index contributed by atoms with van der Waals surface area (Å²) in [6.45, 7) is 4.80. The van der Waals surface area contributed by atoms with Crippen molar-refractivity contribution in [2.45, 2.75) is 55.8 Å². The maximum Gasteiger partial charge on any atom is 0.0726 e. The van der Waals surface area contributed by atoms with E-state index in [0.29, 0.717) is 0 Å². The molecule has 0 aromatic heterocycles. The zero-order valence-corrected chi connectivity index (χ0v) is 36.3. The summed E-state index contributed by atoms with van der Waals surface area (Å²) in [5.74, 6) is 0. The minimum Gasteiger partial charge on any atom is -0.310 e. The molecule has 1 fully saturated rings. The molecule has 1 saturated carbocycles. The summed E-state index contributed by atoms with van der Waals surface area (Å²) in [6.07, 6.45) is 4.92. The Labute approximate surface area is 376 Å². The van der Waals surface area contributed by atoms with Crippen LogP contribution >= 0.6 is 0 Å². The van der Waals surface area contributed by atoms with E-state index in [0.717, 1.165) is 0 Å². The quantitative estimate of drug-likeness (QED) is 0.171. The lowest BCUT2D eigenvalue weighted by atomic mass is 9.70. The standard InChI is InChI=1S/C63H47N/c1-61(2)51-27-8-3-23-47(51)49-26-16-25-43(60(49)61)40-18-15-19-41(38-40)64(42-34-35-48-44-20-4-9-28-52(44)62(57(48)39-42)36-13-14-37-62)58-33-17-32-56-59(58)50-24-7-12-31-55(50)63(56)53-29-10-5-21-45(53)46-22-6-11-30-54(46)63/h3-12,15-35,38-39H,13-14,36-37H2,1-2H3. The summed E-state index contributed by atoms with van der Waals surface area (Å²) in [4.78, 5) is 2.61. The summed E-state index contributed by atoms with van der Waals surface area (Å²) < 4.78 is 0. The number of anilines is 3. The highest BCUT2D eigenvalue weighted by Gasteiger charge is 2.52. The van der Waals surface area contributed by atoms with Crippen LogP contribution in [0.3, 0.4) is 0 Å². The molecule has 304 valence electrons. The van der Waals surface area contributed by atoms with Gasteiger partial charge in [0.1, 0.15) is 0 Å². The fraction of sp³-hybridized carbons (Fsp3) is 0.143. The Morgan fingerprint density at radius 3 is 1.55 bits per heavy atom. The summed E-state index contributed by atoms with van der Waals surface area (Å²) in [5.41, 5.74) is 27.7. The van der Waals surface area contributed by atoms with Crippen molar-refractivity contribution in [1.29, 1.82) is 0 Å². The van der Waals surface area contributed by atoms with Crippen molar-refractivity contribution in [3.63, 3.8) is 0 Å². The fourth-order valence-corrected chi connectivity index (χ4v) is 13.7. The molecular formula is C63H47N. The van der Waals surface area contributed by atoms with Crippen molar-refractivity contribution >= 4 is 17.1 Å². The number of hydrogen-bond acceptors (Lipinski definition) is 1. The van der Waals surface area contributed by atoms with Gasteiger partial charge in [-0.1, -0.05) is 197 Å². The molecule has 0 heterocycles. The number of benzene rings is 9. The predicted octanol–water partition coefficient (Wildman–Crippen LogP) is 16.3. The van der Waals surface area contributed by atoms with E-state index in [-0.39, 0.29) is 10.8 Å². The minimum absolute atomic E-state index is 0.0488. The zero-order valence-electron chi connectivity index (χ0n) is 36.3. The Morgan fingerprint density at radius 1 is 0.359 bits per heavy atom. The molecule has 64 heavy (non-hydrogen) atoms. The van der Waals surface area contributed by atoms with Crippen LogP contribution in [-0.2, 0) is 16.2 Å². The highest BCUT2D eigenvalue weighted by atomic mass is 15.1. The average Bonchev–Trinajstić information content (AvgIpc) is 4.14. The van der Waals surface area contributed by atoms with Gasteiger partial charge in [0.15, 0.2) is 0 Å². The van der Waals surface area contributed by atoms with Gasteiger partial charge in [0.2, 0.25) is 0 Å². The lowest BCUT2D eigenvalue weighted by molar-refractivity contribution is 0.550. The highest BCUT2D eigenvalue weighted by Crippen LogP contribution is 2.65. The van der Waals surface area contributed by atoms with Crippen molar-refractivity contribution in [3.05, 3.63) is 245 Å². The van der Waals surface area contributed by atoms with Crippen molar-refractivity contribution in [3.8, 4) is 55.6 Å². The van der Waals surface area contributed by atoms with E-state index in [1.807, 2.05) is 0 Å². The van der Waals surface area contributed by atoms with Crippen molar-refractivity contribution in [2.75, 3.05) is 4.90 Å². The van der Waals surface area contributed by atoms with Gasteiger partial charge >= 0.3 is 0 Å². The van der Waals surface area contributed by atoms with Gasteiger partial charge in [0, 0.05) is 27.8 Å². The first kappa shape index (κ1) is 36.3. The molecule has 5 aliphatic carbocycles. The largest absolute Gasteiger partial charge is 0.310 e. The van der Waals surface area contributed by atoms with Crippen LogP contribution < -0.4 is 4.90 Å². The van der Waals surface area contributed by atoms with Crippen molar-refractivity contribution in [1.82, 2.24) is 0 Å². The third-order valence-corrected chi connectivity index (χ3v) is 16.2. The predicted molar refractivity (Wildman–Crippen MR) is 265 cm³/mol. The molecule has 0 unspecified atom stereocenters. The molecule has 9 aromatic carbocycles. The summed E-state index contributed by atoms with van der Waals surface area (Å²) in [6, 6.07) is 76.7. The molecule has 5 aliphatic rings. The van der Waals surface area contributed by atoms with Crippen LogP contribution in [0.2, 0.25) is 0 Å². The highest BCUT2D eigenvalue weighted by molar-refractivity contribution is 6.02. The van der Waals surface area contributed by atoms with E-state index >= 15 is 0 Å². The first-order valence-electron chi connectivity index (χ1n) is 23.3. The van der Waals surface area contributed by atoms with E-state index < -0.39 is 5.41 Å². The van der Waals surface area contributed by atoms with Crippen LogP contribution in [0.1, 0.15) is 84.0 Å². The second kappa shape index (κ2) is 12.9. The molecule has 0 atom stereocenters. The smallest absolute Gasteiger partial charge is 0.0726 e. The molecule has 0 N–H and O–H groups in total. The first-order valence-corrected chi connectivity index (χ1v) is 23.3. The van der Waals surface area contributed by atoms with Crippen LogP contribution in [0, 0.1) is 0 Å². The van der Waals surface area contributed by atoms with Gasteiger partial charge in [-0.05, 0) is 138 Å². The maximum atomic E-state index is 2.61. The molecular weight excluding hydrogens is 771 g/mol. The molecule has 14 rings (SSSR count). The third kappa shape index (κ3) is 4.49. The van der Waals surface area contributed by atoms with E-state index in [4.69, 9.17) is 0 Å². The Morgan fingerprint density at radius 2 is 0.844 bits per heavy atom. The van der Waals surface area contributed by atoms with Gasteiger partial charge in [-0.15, -0.1) is 0 Å². The first-order chi connectivity index (χ1) is 31.5. The molecule has 9 aromatic rings. The molecule has 0 radical (unpaired) electrons. The van der Waals surface area contributed by atoms with Gasteiger partial charge in [-0.2, -0.15) is 0 Å². The summed E-state index contributed by atoms with van der Waals surface area (Å²) in [5, 5.41) is 0. The maximum absolute atomic E-state index is 2.61. The average molecular weight is 818 g/mol. The van der Waals surface area contributed by atoms with Crippen LogP contribution in [0.4, 0.5) is 17.1 Å². The van der Waals surface area contributed by atoms with E-state index in [1.54, 1.807) is 0 Å². The zero-order chi connectivity index (χ0) is 42.4. The van der Waals surface area contributed by atoms with Gasteiger partial charge < -0.3 is 4.90 Å². The van der Waals surface area contributed by atoms with E-state index in [9.17, 15) is 0 Å². The molecule has 0 aliphatic heterocycles. The number of hydrogen-bond donors (Lipinski definition) is 0. The van der Waals surface area contributed by atoms with Gasteiger partial charge in [0.25, 0.3) is 0 Å². The molecule has 1 nitrogen and oxygen atoms in total. The van der Waals surface area contributed by atoms with E-state index in [2.05, 4.69) is 219 Å². The number of rotatable bonds is 4. The van der Waals surface area contributed by atoms with Crippen LogP contribution in [-0.4, -0.2) is 0 Å². The fourth-order valence-electron chi connectivity index (χ4n) is 13.7. The molecule has 0 bridgehead atoms. The van der Waals surface area contributed by atoms with Gasteiger partial charge in [-0.25, -0.2) is 0 Å². The monoisotopic (exact) mass is 817 g/mol. The van der Waals surface area contributed by atoms with E-state index in [1.165, 1.54) is 143 Å². The molecule has 1 heteroatoms. The summed E-state index contributed by atoms with van der Waals surface area (Å²) >= 11 is 0. The minimum atomic E-state index is -0.429. The molecule has 0 saturated heterocycles. The number of fused-ring (bicyclic) bond motifs is 18. The van der Waals surface area contributed by atoms with Crippen molar-refractivity contribution in [2.24, 2.45) is 0 Å². The lowest BCUT2D eigenvalue weighted by Crippen LogP contribution is -2.26. The van der Waals surface area contributed by atoms with Crippen LogP contribution in [0.5, 0.6) is 0 Å². The van der Waals surface area contributed by atoms with Gasteiger partial charge in [0.05, 0.1) is 11.1 Å². The van der Waals surface area contributed by atoms with Crippen LogP contribution in [0.25, 0.3) is 55.6 Å². The van der Waals surface area contributed by atoms with Crippen molar-refractivity contribution < 1.29 is 0 Å². The Balaban J connectivity index is 1.04. The second-order valence-electron chi connectivity index (χ2n) is 19.4. The normalized spacial score (nSPS) is 16.4. The Hall–Kier alpha value is -7.22. The molecule has 0 amide bonds. The summed E-state index contributed by atoms with van der Waals surface area (Å²) in [7, 11) is 0. The van der Waals surface area contributed by atoms with Gasteiger partial charge in [-0.3, -0.25) is 0 Å². The molecule has 2 spiro atoms. The lowest BCUT2D eigenvalue weighted by Gasteiger charge is -2.33. The third-order valence-electron chi connectivity index (χ3n) is 16.2. The SMILES string of the molecule is CC1(C)c2ccccc2-c2cccc(-c3cccc(N(c4ccc5c(c4)C4(CCCC4)c4ccccc4-5)c4cccc5c4-c4ccccc4C54c5ccccc5-c5ccccc54)c3)c21. The Bertz CT molecular complexity index is 3400. The van der Waals surface area contributed by atoms with Crippen LogP contribution in [0.15, 0.2) is 200 Å². The Kier molecular flexibility index (Phi) is 7.33. The topological polar surface area (TPSA) is 3.24 Å². The second-order valence-corrected chi connectivity index (χ2v) is 19.4. The number of nitrogens with zero attached hydrogens (tertiary/aromatic N) is 1.